The maximum Gasteiger partial charge on any atom is 0.397 e. The van der Waals surface area contributed by atoms with Crippen molar-refractivity contribution >= 4 is 11.9 Å². The maximum atomic E-state index is 11.5. The topological polar surface area (TPSA) is 46.6 Å². The molecular formula is C10H15NO3. The summed E-state index contributed by atoms with van der Waals surface area (Å²) in [6.45, 7) is 5.02. The van der Waals surface area contributed by atoms with Crippen LogP contribution in [-0.4, -0.2) is 36.5 Å². The molecule has 0 aromatic heterocycles. The smallest absolute Gasteiger partial charge is 0.397 e. The Morgan fingerprint density at radius 1 is 1.57 bits per heavy atom. The average molecular weight is 197 g/mol. The number of carbonyl (C=O) groups is 2. The first-order valence-corrected chi connectivity index (χ1v) is 4.76. The summed E-state index contributed by atoms with van der Waals surface area (Å²) in [7, 11) is 0. The van der Waals surface area contributed by atoms with Crippen LogP contribution in [0.15, 0.2) is 11.6 Å². The van der Waals surface area contributed by atoms with Crippen molar-refractivity contribution in [2.45, 2.75) is 20.3 Å². The standard InChI is InChI=1S/C10H15NO3/c1-3-14-10(13)9(12)11-6-4-5-8(2)7-11/h5H,3-4,6-7H2,1-2H3. The Balaban J connectivity index is 2.53. The number of hydrogen-bond donors (Lipinski definition) is 0. The van der Waals surface area contributed by atoms with E-state index in [1.165, 1.54) is 4.90 Å². The molecule has 0 fully saturated rings. The van der Waals surface area contributed by atoms with Gasteiger partial charge in [0.25, 0.3) is 0 Å². The molecule has 1 amide bonds. The second-order valence-corrected chi connectivity index (χ2v) is 3.29. The highest BCUT2D eigenvalue weighted by Crippen LogP contribution is 2.09. The molecule has 0 aromatic carbocycles. The van der Waals surface area contributed by atoms with Gasteiger partial charge >= 0.3 is 11.9 Å². The fourth-order valence-electron chi connectivity index (χ4n) is 1.41. The van der Waals surface area contributed by atoms with Gasteiger partial charge in [-0.05, 0) is 20.3 Å². The summed E-state index contributed by atoms with van der Waals surface area (Å²) in [6, 6.07) is 0. The lowest BCUT2D eigenvalue weighted by Gasteiger charge is -2.24. The van der Waals surface area contributed by atoms with Crippen molar-refractivity contribution in [2.24, 2.45) is 0 Å². The van der Waals surface area contributed by atoms with Crippen molar-refractivity contribution in [3.63, 3.8) is 0 Å². The zero-order chi connectivity index (χ0) is 10.6. The minimum absolute atomic E-state index is 0.243. The number of nitrogens with zero attached hydrogens (tertiary/aromatic N) is 1. The van der Waals surface area contributed by atoms with E-state index in [9.17, 15) is 9.59 Å². The normalized spacial score (nSPS) is 16.1. The van der Waals surface area contributed by atoms with Gasteiger partial charge in [-0.25, -0.2) is 4.79 Å². The SMILES string of the molecule is CCOC(=O)C(=O)N1CCC=C(C)C1. The van der Waals surface area contributed by atoms with Gasteiger partial charge in [-0.3, -0.25) is 4.79 Å². The lowest BCUT2D eigenvalue weighted by Crippen LogP contribution is -2.40. The van der Waals surface area contributed by atoms with Gasteiger partial charge in [0, 0.05) is 13.1 Å². The Morgan fingerprint density at radius 3 is 2.86 bits per heavy atom. The van der Waals surface area contributed by atoms with E-state index in [2.05, 4.69) is 10.8 Å². The molecule has 0 N–H and O–H groups in total. The highest BCUT2D eigenvalue weighted by Gasteiger charge is 2.24. The van der Waals surface area contributed by atoms with Gasteiger partial charge in [0.2, 0.25) is 0 Å². The predicted octanol–water partition coefficient (Wildman–Crippen LogP) is 0.728. The Bertz CT molecular complexity index is 271. The fourth-order valence-corrected chi connectivity index (χ4v) is 1.41. The van der Waals surface area contributed by atoms with Gasteiger partial charge in [-0.1, -0.05) is 11.6 Å². The molecule has 1 heterocycles. The third-order valence-corrected chi connectivity index (χ3v) is 2.07. The van der Waals surface area contributed by atoms with Crippen LogP contribution in [-0.2, 0) is 14.3 Å². The summed E-state index contributed by atoms with van der Waals surface area (Å²) in [6.07, 6.45) is 2.89. The lowest BCUT2D eigenvalue weighted by molar-refractivity contribution is -0.159. The van der Waals surface area contributed by atoms with Crippen molar-refractivity contribution < 1.29 is 14.3 Å². The highest BCUT2D eigenvalue weighted by atomic mass is 16.5. The van der Waals surface area contributed by atoms with E-state index in [1.54, 1.807) is 6.92 Å². The van der Waals surface area contributed by atoms with Crippen LogP contribution in [0.3, 0.4) is 0 Å². The van der Waals surface area contributed by atoms with Crippen LogP contribution in [0.2, 0.25) is 0 Å². The Hall–Kier alpha value is -1.32. The molecule has 14 heavy (non-hydrogen) atoms. The van der Waals surface area contributed by atoms with Gasteiger partial charge < -0.3 is 9.64 Å². The molecule has 0 radical (unpaired) electrons. The number of hydrogen-bond acceptors (Lipinski definition) is 3. The molecule has 0 unspecified atom stereocenters. The van der Waals surface area contributed by atoms with Gasteiger partial charge in [0.15, 0.2) is 0 Å². The van der Waals surface area contributed by atoms with Crippen molar-refractivity contribution in [3.05, 3.63) is 11.6 Å². The third-order valence-electron chi connectivity index (χ3n) is 2.07. The zero-order valence-corrected chi connectivity index (χ0v) is 8.58. The summed E-state index contributed by atoms with van der Waals surface area (Å²) in [5, 5.41) is 0. The van der Waals surface area contributed by atoms with Crippen molar-refractivity contribution in [2.75, 3.05) is 19.7 Å². The Kier molecular flexibility index (Phi) is 3.68. The molecule has 0 aliphatic carbocycles. The number of amides is 1. The first kappa shape index (κ1) is 10.8. The van der Waals surface area contributed by atoms with Crippen LogP contribution in [0.1, 0.15) is 20.3 Å². The molecule has 78 valence electrons. The van der Waals surface area contributed by atoms with Crippen LogP contribution in [0.4, 0.5) is 0 Å². The Morgan fingerprint density at radius 2 is 2.29 bits per heavy atom. The van der Waals surface area contributed by atoms with Crippen LogP contribution < -0.4 is 0 Å². The van der Waals surface area contributed by atoms with Gasteiger partial charge in [0.05, 0.1) is 6.61 Å². The fraction of sp³-hybridized carbons (Fsp3) is 0.600. The zero-order valence-electron chi connectivity index (χ0n) is 8.58. The summed E-state index contributed by atoms with van der Waals surface area (Å²) in [4.78, 5) is 24.1. The Labute approximate surface area is 83.5 Å². The summed E-state index contributed by atoms with van der Waals surface area (Å²) >= 11 is 0. The number of ether oxygens (including phenoxy) is 1. The monoisotopic (exact) mass is 197 g/mol. The first-order valence-electron chi connectivity index (χ1n) is 4.76. The number of rotatable bonds is 1. The predicted molar refractivity (Wildman–Crippen MR) is 51.6 cm³/mol. The van der Waals surface area contributed by atoms with Crippen LogP contribution in [0.5, 0.6) is 0 Å². The molecular weight excluding hydrogens is 182 g/mol. The summed E-state index contributed by atoms with van der Waals surface area (Å²) < 4.78 is 4.64. The highest BCUT2D eigenvalue weighted by molar-refractivity contribution is 6.32. The van der Waals surface area contributed by atoms with Crippen LogP contribution in [0, 0.1) is 0 Å². The van der Waals surface area contributed by atoms with Crippen LogP contribution >= 0.6 is 0 Å². The molecule has 0 aromatic rings. The molecule has 0 saturated heterocycles. The van der Waals surface area contributed by atoms with Gasteiger partial charge in [-0.15, -0.1) is 0 Å². The van der Waals surface area contributed by atoms with E-state index in [0.717, 1.165) is 12.0 Å². The second kappa shape index (κ2) is 4.79. The molecule has 4 heteroatoms. The van der Waals surface area contributed by atoms with Gasteiger partial charge in [0.1, 0.15) is 0 Å². The second-order valence-electron chi connectivity index (χ2n) is 3.29. The number of carbonyl (C=O) groups excluding carboxylic acids is 2. The summed E-state index contributed by atoms with van der Waals surface area (Å²) in [5.74, 6) is -1.28. The largest absolute Gasteiger partial charge is 0.459 e. The molecule has 0 saturated carbocycles. The molecule has 0 spiro atoms. The van der Waals surface area contributed by atoms with E-state index >= 15 is 0 Å². The molecule has 0 bridgehead atoms. The maximum absolute atomic E-state index is 11.5. The quantitative estimate of drug-likeness (QED) is 0.353. The summed E-state index contributed by atoms with van der Waals surface area (Å²) in [5.41, 5.74) is 1.12. The van der Waals surface area contributed by atoms with Crippen LogP contribution in [0.25, 0.3) is 0 Å². The first-order chi connectivity index (χ1) is 6.65. The third kappa shape index (κ3) is 2.58. The minimum atomic E-state index is -0.748. The van der Waals surface area contributed by atoms with E-state index in [0.29, 0.717) is 13.1 Å². The van der Waals surface area contributed by atoms with E-state index < -0.39 is 11.9 Å². The van der Waals surface area contributed by atoms with E-state index in [1.807, 2.05) is 6.92 Å². The minimum Gasteiger partial charge on any atom is -0.459 e. The average Bonchev–Trinajstić information content (AvgIpc) is 2.17. The van der Waals surface area contributed by atoms with Gasteiger partial charge in [-0.2, -0.15) is 0 Å². The molecule has 0 atom stereocenters. The van der Waals surface area contributed by atoms with E-state index in [-0.39, 0.29) is 6.61 Å². The lowest BCUT2D eigenvalue weighted by atomic mass is 10.1. The van der Waals surface area contributed by atoms with E-state index in [4.69, 9.17) is 0 Å². The van der Waals surface area contributed by atoms with Crippen molar-refractivity contribution in [1.29, 1.82) is 0 Å². The number of esters is 1. The molecule has 4 nitrogen and oxygen atoms in total. The molecule has 1 aliphatic heterocycles. The van der Waals surface area contributed by atoms with Crippen molar-refractivity contribution in [3.8, 4) is 0 Å². The molecule has 1 rings (SSSR count). The molecule has 1 aliphatic rings. The van der Waals surface area contributed by atoms with Crippen molar-refractivity contribution in [1.82, 2.24) is 4.90 Å².